The van der Waals surface area contributed by atoms with Crippen LogP contribution in [0.25, 0.3) is 17.0 Å². The molecule has 1 aromatic carbocycles. The second kappa shape index (κ2) is 7.06. The van der Waals surface area contributed by atoms with Crippen molar-refractivity contribution in [3.63, 3.8) is 0 Å². The van der Waals surface area contributed by atoms with E-state index in [1.54, 1.807) is 16.8 Å². The standard InChI is InChI=1S/C20H16N8O2/c1-11-16-14(30-8-13-5-3-2-4-12(13)7-21)6-15(29)26-19(16)28(27-11)20-17-18(23-9-22-17)24-10-25-20/h2-5,9-10,14H,6,8H2,1H3,(H,26,29)(H,22,23,24,25). The Bertz CT molecular complexity index is 1320. The first-order valence-corrected chi connectivity index (χ1v) is 9.29. The van der Waals surface area contributed by atoms with Crippen LogP contribution < -0.4 is 5.32 Å². The highest BCUT2D eigenvalue weighted by molar-refractivity contribution is 5.94. The number of benzene rings is 1. The third kappa shape index (κ3) is 2.89. The van der Waals surface area contributed by atoms with Crippen LogP contribution in [0, 0.1) is 18.3 Å². The lowest BCUT2D eigenvalue weighted by atomic mass is 10.0. The molecule has 10 heteroatoms. The number of nitrogens with zero attached hydrogens (tertiary/aromatic N) is 6. The third-order valence-corrected chi connectivity index (χ3v) is 5.04. The number of ether oxygens (including phenoxy) is 1. The van der Waals surface area contributed by atoms with Crippen LogP contribution in [0.2, 0.25) is 0 Å². The van der Waals surface area contributed by atoms with E-state index >= 15 is 0 Å². The Morgan fingerprint density at radius 2 is 2.17 bits per heavy atom. The largest absolute Gasteiger partial charge is 0.368 e. The Balaban J connectivity index is 1.54. The van der Waals surface area contributed by atoms with Gasteiger partial charge < -0.3 is 15.0 Å². The molecule has 5 rings (SSSR count). The molecule has 4 aromatic rings. The average Bonchev–Trinajstić information content (AvgIpc) is 3.36. The molecule has 1 unspecified atom stereocenters. The predicted octanol–water partition coefficient (Wildman–Crippen LogP) is 2.32. The molecule has 4 heterocycles. The number of rotatable bonds is 4. The van der Waals surface area contributed by atoms with Gasteiger partial charge in [0.15, 0.2) is 11.5 Å². The Morgan fingerprint density at radius 1 is 1.30 bits per heavy atom. The summed E-state index contributed by atoms with van der Waals surface area (Å²) < 4.78 is 7.67. The lowest BCUT2D eigenvalue weighted by Gasteiger charge is -2.24. The van der Waals surface area contributed by atoms with Crippen molar-refractivity contribution in [1.29, 1.82) is 5.26 Å². The maximum Gasteiger partial charge on any atom is 0.228 e. The number of hydrogen-bond donors (Lipinski definition) is 2. The fourth-order valence-electron chi connectivity index (χ4n) is 3.65. The Kier molecular flexibility index (Phi) is 4.22. The van der Waals surface area contributed by atoms with Gasteiger partial charge in [-0.1, -0.05) is 18.2 Å². The molecular formula is C20H16N8O2. The second-order valence-corrected chi connectivity index (χ2v) is 6.88. The van der Waals surface area contributed by atoms with Crippen molar-refractivity contribution < 1.29 is 9.53 Å². The van der Waals surface area contributed by atoms with Crippen LogP contribution in [0.15, 0.2) is 36.9 Å². The minimum absolute atomic E-state index is 0.164. The lowest BCUT2D eigenvalue weighted by molar-refractivity contribution is -0.120. The molecule has 2 N–H and O–H groups in total. The Hall–Kier alpha value is -4.10. The topological polar surface area (TPSA) is 134 Å². The number of nitrogens with one attached hydrogen (secondary N) is 2. The summed E-state index contributed by atoms with van der Waals surface area (Å²) in [5, 5.41) is 16.8. The number of nitriles is 1. The van der Waals surface area contributed by atoms with Crippen LogP contribution in [0.3, 0.4) is 0 Å². The number of imidazole rings is 1. The smallest absolute Gasteiger partial charge is 0.228 e. The van der Waals surface area contributed by atoms with Crippen molar-refractivity contribution in [3.05, 3.63) is 59.3 Å². The molecule has 0 bridgehead atoms. The number of carbonyl (C=O) groups is 1. The van der Waals surface area contributed by atoms with Crippen LogP contribution >= 0.6 is 0 Å². The molecule has 1 aliphatic heterocycles. The highest BCUT2D eigenvalue weighted by atomic mass is 16.5. The summed E-state index contributed by atoms with van der Waals surface area (Å²) in [6.07, 6.45) is 2.60. The summed E-state index contributed by atoms with van der Waals surface area (Å²) in [5.74, 6) is 0.812. The summed E-state index contributed by atoms with van der Waals surface area (Å²) in [6, 6.07) is 9.41. The summed E-state index contributed by atoms with van der Waals surface area (Å²) in [5.41, 5.74) is 3.94. The van der Waals surface area contributed by atoms with Gasteiger partial charge in [-0.25, -0.2) is 15.0 Å². The van der Waals surface area contributed by atoms with E-state index in [0.717, 1.165) is 16.8 Å². The van der Waals surface area contributed by atoms with Gasteiger partial charge in [0.2, 0.25) is 5.91 Å². The average molecular weight is 400 g/mol. The first kappa shape index (κ1) is 18.0. The number of amides is 1. The van der Waals surface area contributed by atoms with Crippen LogP contribution in [0.5, 0.6) is 0 Å². The van der Waals surface area contributed by atoms with Gasteiger partial charge in [-0.3, -0.25) is 4.79 Å². The van der Waals surface area contributed by atoms with Crippen LogP contribution in [-0.2, 0) is 16.1 Å². The number of aryl methyl sites for hydroxylation is 1. The third-order valence-electron chi connectivity index (χ3n) is 5.04. The molecule has 10 nitrogen and oxygen atoms in total. The van der Waals surface area contributed by atoms with Gasteiger partial charge in [-0.2, -0.15) is 15.0 Å². The normalized spacial score (nSPS) is 15.6. The molecule has 0 spiro atoms. The fraction of sp³-hybridized carbons (Fsp3) is 0.200. The van der Waals surface area contributed by atoms with Crippen molar-refractivity contribution in [2.75, 3.05) is 5.32 Å². The molecule has 148 valence electrons. The molecule has 1 amide bonds. The minimum atomic E-state index is -0.492. The number of carbonyl (C=O) groups excluding carboxylic acids is 1. The molecule has 0 radical (unpaired) electrons. The molecule has 3 aromatic heterocycles. The van der Waals surface area contributed by atoms with E-state index in [2.05, 4.69) is 36.4 Å². The monoisotopic (exact) mass is 400 g/mol. The number of hydrogen-bond acceptors (Lipinski definition) is 7. The van der Waals surface area contributed by atoms with E-state index in [4.69, 9.17) is 4.74 Å². The van der Waals surface area contributed by atoms with Crippen molar-refractivity contribution in [2.24, 2.45) is 0 Å². The van der Waals surface area contributed by atoms with E-state index in [1.807, 2.05) is 19.1 Å². The Morgan fingerprint density at radius 3 is 3.03 bits per heavy atom. The lowest BCUT2D eigenvalue weighted by Crippen LogP contribution is -2.26. The zero-order valence-corrected chi connectivity index (χ0v) is 16.0. The van der Waals surface area contributed by atoms with Crippen molar-refractivity contribution in [1.82, 2.24) is 29.7 Å². The SMILES string of the molecule is Cc1nn(-c2ncnc3nc[nH]c23)c2c1C(OCc1ccccc1C#N)CC(=O)N2. The highest BCUT2D eigenvalue weighted by Gasteiger charge is 2.33. The van der Waals surface area contributed by atoms with Crippen molar-refractivity contribution >= 4 is 22.9 Å². The zero-order chi connectivity index (χ0) is 20.7. The molecule has 1 atom stereocenters. The number of aromatic nitrogens is 6. The van der Waals surface area contributed by atoms with E-state index in [0.29, 0.717) is 28.4 Å². The van der Waals surface area contributed by atoms with Gasteiger partial charge in [0.1, 0.15) is 17.7 Å². The number of aromatic amines is 1. The molecule has 30 heavy (non-hydrogen) atoms. The molecule has 0 saturated carbocycles. The van der Waals surface area contributed by atoms with Gasteiger partial charge in [0.05, 0.1) is 42.8 Å². The van der Waals surface area contributed by atoms with E-state index in [-0.39, 0.29) is 18.9 Å². The van der Waals surface area contributed by atoms with Gasteiger partial charge >= 0.3 is 0 Å². The molecule has 0 fully saturated rings. The number of H-pyrrole nitrogens is 1. The summed E-state index contributed by atoms with van der Waals surface area (Å²) in [7, 11) is 0. The van der Waals surface area contributed by atoms with Crippen LogP contribution in [0.1, 0.15) is 34.9 Å². The van der Waals surface area contributed by atoms with Crippen molar-refractivity contribution in [2.45, 2.75) is 26.1 Å². The summed E-state index contributed by atoms with van der Waals surface area (Å²) in [4.78, 5) is 28.0. The summed E-state index contributed by atoms with van der Waals surface area (Å²) >= 11 is 0. The highest BCUT2D eigenvalue weighted by Crippen LogP contribution is 2.37. The zero-order valence-electron chi connectivity index (χ0n) is 16.0. The molecule has 1 aliphatic rings. The van der Waals surface area contributed by atoms with Gasteiger partial charge in [-0.05, 0) is 18.6 Å². The molecule has 0 saturated heterocycles. The quantitative estimate of drug-likeness (QED) is 0.537. The fourth-order valence-corrected chi connectivity index (χ4v) is 3.65. The number of anilines is 1. The first-order chi connectivity index (χ1) is 14.7. The van der Waals surface area contributed by atoms with E-state index in [1.165, 1.54) is 12.7 Å². The maximum atomic E-state index is 12.4. The van der Waals surface area contributed by atoms with E-state index < -0.39 is 6.10 Å². The molecular weight excluding hydrogens is 384 g/mol. The van der Waals surface area contributed by atoms with Gasteiger partial charge in [0.25, 0.3) is 0 Å². The number of fused-ring (bicyclic) bond motifs is 2. The van der Waals surface area contributed by atoms with Crippen LogP contribution in [-0.4, -0.2) is 35.6 Å². The Labute approximate surface area is 170 Å². The first-order valence-electron chi connectivity index (χ1n) is 9.29. The maximum absolute atomic E-state index is 12.4. The molecule has 0 aliphatic carbocycles. The minimum Gasteiger partial charge on any atom is -0.368 e. The second-order valence-electron chi connectivity index (χ2n) is 6.88. The summed E-state index contributed by atoms with van der Waals surface area (Å²) in [6.45, 7) is 2.07. The van der Waals surface area contributed by atoms with Crippen molar-refractivity contribution in [3.8, 4) is 11.9 Å². The van der Waals surface area contributed by atoms with Gasteiger partial charge in [0, 0.05) is 5.56 Å². The van der Waals surface area contributed by atoms with Gasteiger partial charge in [-0.15, -0.1) is 0 Å². The van der Waals surface area contributed by atoms with E-state index in [9.17, 15) is 10.1 Å². The predicted molar refractivity (Wildman–Crippen MR) is 105 cm³/mol. The van der Waals surface area contributed by atoms with Crippen LogP contribution in [0.4, 0.5) is 5.82 Å².